The van der Waals surface area contributed by atoms with Gasteiger partial charge in [0.2, 0.25) is 0 Å². The lowest BCUT2D eigenvalue weighted by Gasteiger charge is -2.29. The number of carbonyl (C=O) groups is 1. The van der Waals surface area contributed by atoms with Gasteiger partial charge in [0.15, 0.2) is 5.11 Å². The van der Waals surface area contributed by atoms with Gasteiger partial charge in [-0.1, -0.05) is 6.07 Å². The number of hydrogen-bond donors (Lipinski definition) is 2. The largest absolute Gasteiger partial charge is 0.378 e. The number of ether oxygens (including phenoxy) is 1. The Hall–Kier alpha value is -3.75. The molecule has 0 spiro atoms. The van der Waals surface area contributed by atoms with Crippen LogP contribution >= 0.6 is 12.2 Å². The summed E-state index contributed by atoms with van der Waals surface area (Å²) < 4.78 is 20.4. The van der Waals surface area contributed by atoms with Crippen LogP contribution in [0.3, 0.4) is 0 Å². The number of carbonyl (C=O) groups excluding carboxylic acids is 1. The maximum Gasteiger partial charge on any atom is 0.262 e. The minimum atomic E-state index is -0.439. The highest BCUT2D eigenvalue weighted by atomic mass is 32.1. The van der Waals surface area contributed by atoms with E-state index in [-0.39, 0.29) is 5.91 Å². The second-order valence-corrected chi connectivity index (χ2v) is 8.41. The molecule has 1 aliphatic heterocycles. The minimum Gasteiger partial charge on any atom is -0.378 e. The molecule has 0 bridgehead atoms. The Labute approximate surface area is 201 Å². The van der Waals surface area contributed by atoms with Crippen LogP contribution in [0.25, 0.3) is 10.9 Å². The molecule has 1 fully saturated rings. The molecule has 1 saturated heterocycles. The molecule has 6 nitrogen and oxygen atoms in total. The van der Waals surface area contributed by atoms with Gasteiger partial charge in [0, 0.05) is 47.3 Å². The maximum absolute atomic E-state index is 13.5. The smallest absolute Gasteiger partial charge is 0.262 e. The minimum absolute atomic E-state index is 0.284. The monoisotopic (exact) mass is 474 g/mol. The Morgan fingerprint density at radius 2 is 1.65 bits per heavy atom. The van der Waals surface area contributed by atoms with E-state index < -0.39 is 5.82 Å². The van der Waals surface area contributed by atoms with Crippen LogP contribution in [-0.2, 0) is 4.74 Å². The Balaban J connectivity index is 1.25. The van der Waals surface area contributed by atoms with Gasteiger partial charge in [0.1, 0.15) is 5.82 Å². The van der Waals surface area contributed by atoms with Crippen molar-refractivity contribution in [1.29, 1.82) is 0 Å². The first-order valence-corrected chi connectivity index (χ1v) is 11.4. The zero-order valence-electron chi connectivity index (χ0n) is 18.3. The van der Waals surface area contributed by atoms with Gasteiger partial charge < -0.3 is 20.3 Å². The molecule has 2 heterocycles. The summed E-state index contributed by atoms with van der Waals surface area (Å²) in [4.78, 5) is 15.1. The Morgan fingerprint density at radius 1 is 0.912 bits per heavy atom. The van der Waals surface area contributed by atoms with Gasteiger partial charge in [-0.15, -0.1) is 0 Å². The van der Waals surface area contributed by atoms with Crippen LogP contribution < -0.4 is 15.5 Å². The number of rotatable bonds is 4. The number of thiocarbonyl (C=S) groups is 1. The van der Waals surface area contributed by atoms with E-state index in [2.05, 4.69) is 27.7 Å². The SMILES string of the molecule is O=C(c1cccc(F)c1)n1ccc2cc(NC(=S)Nc3ccc(N4CCOCC4)cc3)ccc21. The number of fused-ring (bicyclic) bond motifs is 1. The number of hydrogen-bond acceptors (Lipinski definition) is 4. The molecule has 0 radical (unpaired) electrons. The van der Waals surface area contributed by atoms with E-state index in [1.54, 1.807) is 12.3 Å². The Kier molecular flexibility index (Phi) is 6.24. The summed E-state index contributed by atoms with van der Waals surface area (Å²) in [5, 5.41) is 7.72. The molecule has 0 amide bonds. The van der Waals surface area contributed by atoms with Crippen molar-refractivity contribution in [3.8, 4) is 0 Å². The second-order valence-electron chi connectivity index (χ2n) is 8.00. The first-order valence-electron chi connectivity index (χ1n) is 11.0. The topological polar surface area (TPSA) is 58.5 Å². The number of halogens is 1. The van der Waals surface area contributed by atoms with Crippen molar-refractivity contribution in [2.45, 2.75) is 0 Å². The van der Waals surface area contributed by atoms with Crippen LogP contribution in [0.15, 0.2) is 79.0 Å². The van der Waals surface area contributed by atoms with E-state index in [9.17, 15) is 9.18 Å². The van der Waals surface area contributed by atoms with Gasteiger partial charge in [-0.3, -0.25) is 9.36 Å². The summed E-state index contributed by atoms with van der Waals surface area (Å²) in [5.74, 6) is -0.724. The molecule has 3 aromatic carbocycles. The number of morpholine rings is 1. The lowest BCUT2D eigenvalue weighted by Crippen LogP contribution is -2.36. The van der Waals surface area contributed by atoms with Gasteiger partial charge in [-0.05, 0) is 78.9 Å². The van der Waals surface area contributed by atoms with E-state index in [1.807, 2.05) is 36.4 Å². The predicted octanol–water partition coefficient (Wildman–Crippen LogP) is 5.11. The summed E-state index contributed by atoms with van der Waals surface area (Å²) in [6.07, 6.45) is 1.69. The zero-order valence-corrected chi connectivity index (χ0v) is 19.1. The highest BCUT2D eigenvalue weighted by Crippen LogP contribution is 2.23. The zero-order chi connectivity index (χ0) is 23.5. The van der Waals surface area contributed by atoms with Crippen LogP contribution in [0.4, 0.5) is 21.5 Å². The summed E-state index contributed by atoms with van der Waals surface area (Å²) in [6.45, 7) is 3.29. The Morgan fingerprint density at radius 3 is 2.41 bits per heavy atom. The Bertz CT molecular complexity index is 1350. The molecule has 1 aliphatic rings. The fraction of sp³-hybridized carbons (Fsp3) is 0.154. The number of benzene rings is 3. The number of aromatic nitrogens is 1. The first kappa shape index (κ1) is 22.1. The molecular weight excluding hydrogens is 451 g/mol. The normalized spacial score (nSPS) is 13.6. The lowest BCUT2D eigenvalue weighted by atomic mass is 10.2. The van der Waals surface area contributed by atoms with Gasteiger partial charge in [0.05, 0.1) is 18.7 Å². The molecule has 8 heteroatoms. The standard InChI is InChI=1S/C26H23FN4O2S/c27-20-3-1-2-19(16-20)25(32)31-11-10-18-17-22(6-9-24(18)31)29-26(34)28-21-4-7-23(8-5-21)30-12-14-33-15-13-30/h1-11,16-17H,12-15H2,(H2,28,29,34). The third-order valence-electron chi connectivity index (χ3n) is 5.74. The van der Waals surface area contributed by atoms with Crippen molar-refractivity contribution < 1.29 is 13.9 Å². The average molecular weight is 475 g/mol. The van der Waals surface area contributed by atoms with Crippen LogP contribution in [0.2, 0.25) is 0 Å². The maximum atomic E-state index is 13.5. The van der Waals surface area contributed by atoms with Crippen LogP contribution in [0, 0.1) is 5.82 Å². The molecule has 0 unspecified atom stereocenters. The number of anilines is 3. The molecule has 2 N–H and O–H groups in total. The van der Waals surface area contributed by atoms with Crippen molar-refractivity contribution in [2.24, 2.45) is 0 Å². The third-order valence-corrected chi connectivity index (χ3v) is 5.94. The van der Waals surface area contributed by atoms with E-state index in [0.29, 0.717) is 10.7 Å². The molecule has 34 heavy (non-hydrogen) atoms. The molecule has 0 aliphatic carbocycles. The summed E-state index contributed by atoms with van der Waals surface area (Å²) in [7, 11) is 0. The van der Waals surface area contributed by atoms with E-state index in [0.717, 1.165) is 54.3 Å². The lowest BCUT2D eigenvalue weighted by molar-refractivity contribution is 0.0964. The van der Waals surface area contributed by atoms with E-state index in [1.165, 1.54) is 22.8 Å². The summed E-state index contributed by atoms with van der Waals surface area (Å²) in [6, 6.07) is 21.3. The number of nitrogens with zero attached hydrogens (tertiary/aromatic N) is 2. The quantitative estimate of drug-likeness (QED) is 0.401. The highest BCUT2D eigenvalue weighted by molar-refractivity contribution is 7.80. The van der Waals surface area contributed by atoms with Crippen molar-refractivity contribution in [2.75, 3.05) is 41.8 Å². The summed E-state index contributed by atoms with van der Waals surface area (Å²) >= 11 is 5.48. The van der Waals surface area contributed by atoms with E-state index >= 15 is 0 Å². The summed E-state index contributed by atoms with van der Waals surface area (Å²) in [5.41, 5.74) is 3.88. The fourth-order valence-corrected chi connectivity index (χ4v) is 4.26. The second kappa shape index (κ2) is 9.62. The van der Waals surface area contributed by atoms with Crippen LogP contribution in [0.1, 0.15) is 10.4 Å². The highest BCUT2D eigenvalue weighted by Gasteiger charge is 2.13. The fourth-order valence-electron chi connectivity index (χ4n) is 4.03. The van der Waals surface area contributed by atoms with Gasteiger partial charge >= 0.3 is 0 Å². The molecule has 0 saturated carbocycles. The van der Waals surface area contributed by atoms with Crippen molar-refractivity contribution in [3.05, 3.63) is 90.4 Å². The van der Waals surface area contributed by atoms with E-state index in [4.69, 9.17) is 17.0 Å². The predicted molar refractivity (Wildman–Crippen MR) is 137 cm³/mol. The molecule has 172 valence electrons. The molecule has 5 rings (SSSR count). The first-order chi connectivity index (χ1) is 16.6. The molecule has 0 atom stereocenters. The van der Waals surface area contributed by atoms with Gasteiger partial charge in [-0.2, -0.15) is 0 Å². The van der Waals surface area contributed by atoms with Gasteiger partial charge in [0.25, 0.3) is 5.91 Å². The third kappa shape index (κ3) is 4.78. The molecule has 4 aromatic rings. The van der Waals surface area contributed by atoms with Crippen molar-refractivity contribution in [1.82, 2.24) is 4.57 Å². The van der Waals surface area contributed by atoms with Crippen molar-refractivity contribution in [3.63, 3.8) is 0 Å². The molecule has 1 aromatic heterocycles. The van der Waals surface area contributed by atoms with Crippen LogP contribution in [0.5, 0.6) is 0 Å². The molecular formula is C26H23FN4O2S. The van der Waals surface area contributed by atoms with Gasteiger partial charge in [-0.25, -0.2) is 4.39 Å². The number of nitrogens with one attached hydrogen (secondary N) is 2. The average Bonchev–Trinajstić information content (AvgIpc) is 3.28. The van der Waals surface area contributed by atoms with Crippen molar-refractivity contribution >= 4 is 51.2 Å². The van der Waals surface area contributed by atoms with Crippen LogP contribution in [-0.4, -0.2) is 41.9 Å².